The second-order valence-corrected chi connectivity index (χ2v) is 8.90. The van der Waals surface area contributed by atoms with Crippen molar-refractivity contribution in [3.8, 4) is 0 Å². The fourth-order valence-electron chi connectivity index (χ4n) is 3.35. The molecule has 0 aliphatic heterocycles. The van der Waals surface area contributed by atoms with Gasteiger partial charge in [-0.25, -0.2) is 0 Å². The van der Waals surface area contributed by atoms with Gasteiger partial charge in [0.05, 0.1) is 5.56 Å². The first-order chi connectivity index (χ1) is 14.0. The summed E-state index contributed by atoms with van der Waals surface area (Å²) in [7, 11) is 1.63. The number of rotatable bonds is 8. The number of carbonyl (C=O) groups is 2. The highest BCUT2D eigenvalue weighted by Gasteiger charge is 2.26. The SMILES string of the molecule is COCCCNC(=O)c1c(NC(=O)Cn2cc(Br)ccc2=O)sc2c1CCCC2. The minimum atomic E-state index is -0.336. The lowest BCUT2D eigenvalue weighted by atomic mass is 9.95. The van der Waals surface area contributed by atoms with Gasteiger partial charge in [-0.1, -0.05) is 0 Å². The predicted molar refractivity (Wildman–Crippen MR) is 117 cm³/mol. The van der Waals surface area contributed by atoms with E-state index in [2.05, 4.69) is 26.6 Å². The van der Waals surface area contributed by atoms with Gasteiger partial charge in [-0.15, -0.1) is 11.3 Å². The first kappa shape index (κ1) is 21.7. The molecular weight excluding hydrogens is 458 g/mol. The molecule has 2 heterocycles. The molecule has 2 N–H and O–H groups in total. The van der Waals surface area contributed by atoms with Gasteiger partial charge in [-0.2, -0.15) is 0 Å². The van der Waals surface area contributed by atoms with Gasteiger partial charge in [0.2, 0.25) is 5.91 Å². The Morgan fingerprint density at radius 2 is 2.07 bits per heavy atom. The Morgan fingerprint density at radius 3 is 2.86 bits per heavy atom. The van der Waals surface area contributed by atoms with Crippen LogP contribution in [0.25, 0.3) is 0 Å². The number of hydrogen-bond donors (Lipinski definition) is 2. The number of thiophene rings is 1. The molecule has 0 saturated heterocycles. The fourth-order valence-corrected chi connectivity index (χ4v) is 5.03. The van der Waals surface area contributed by atoms with Gasteiger partial charge in [-0.05, 0) is 59.7 Å². The molecule has 0 atom stereocenters. The van der Waals surface area contributed by atoms with Gasteiger partial charge in [0.15, 0.2) is 0 Å². The number of nitrogens with zero attached hydrogens (tertiary/aromatic N) is 1. The molecule has 9 heteroatoms. The first-order valence-electron chi connectivity index (χ1n) is 9.57. The Kier molecular flexibility index (Phi) is 7.63. The molecule has 1 aliphatic rings. The van der Waals surface area contributed by atoms with Crippen LogP contribution in [0.15, 0.2) is 27.6 Å². The van der Waals surface area contributed by atoms with Gasteiger partial charge < -0.3 is 19.9 Å². The number of pyridine rings is 1. The van der Waals surface area contributed by atoms with Gasteiger partial charge in [0, 0.05) is 41.9 Å². The molecule has 0 fully saturated rings. The Morgan fingerprint density at radius 1 is 1.28 bits per heavy atom. The van der Waals surface area contributed by atoms with Crippen LogP contribution >= 0.6 is 27.3 Å². The van der Waals surface area contributed by atoms with Crippen LogP contribution in [-0.2, 0) is 28.9 Å². The van der Waals surface area contributed by atoms with Crippen molar-refractivity contribution in [3.63, 3.8) is 0 Å². The van der Waals surface area contributed by atoms with Crippen LogP contribution in [0.1, 0.15) is 40.1 Å². The van der Waals surface area contributed by atoms with Crippen molar-refractivity contribution in [1.82, 2.24) is 9.88 Å². The van der Waals surface area contributed by atoms with E-state index in [1.165, 1.54) is 22.0 Å². The van der Waals surface area contributed by atoms with Crippen molar-refractivity contribution in [3.05, 3.63) is 49.2 Å². The van der Waals surface area contributed by atoms with Crippen molar-refractivity contribution in [2.45, 2.75) is 38.6 Å². The molecular formula is C20H24BrN3O4S. The molecule has 0 aromatic carbocycles. The summed E-state index contributed by atoms with van der Waals surface area (Å²) in [4.78, 5) is 38.6. The molecule has 0 saturated carbocycles. The fraction of sp³-hybridized carbons (Fsp3) is 0.450. The Bertz CT molecular complexity index is 954. The quantitative estimate of drug-likeness (QED) is 0.567. The zero-order valence-corrected chi connectivity index (χ0v) is 18.7. The number of fused-ring (bicyclic) bond motifs is 1. The summed E-state index contributed by atoms with van der Waals surface area (Å²) < 4.78 is 7.06. The van der Waals surface area contributed by atoms with Crippen LogP contribution in [0.4, 0.5) is 5.00 Å². The zero-order valence-electron chi connectivity index (χ0n) is 16.3. The van der Waals surface area contributed by atoms with Gasteiger partial charge in [-0.3, -0.25) is 14.4 Å². The van der Waals surface area contributed by atoms with Crippen molar-refractivity contribution in [2.75, 3.05) is 25.6 Å². The molecule has 2 amide bonds. The minimum Gasteiger partial charge on any atom is -0.385 e. The maximum absolute atomic E-state index is 12.8. The number of ether oxygens (including phenoxy) is 1. The summed E-state index contributed by atoms with van der Waals surface area (Å²) >= 11 is 4.77. The van der Waals surface area contributed by atoms with E-state index in [1.54, 1.807) is 19.4 Å². The molecule has 0 unspecified atom stereocenters. The molecule has 29 heavy (non-hydrogen) atoms. The summed E-state index contributed by atoms with van der Waals surface area (Å²) in [6.07, 6.45) is 6.18. The maximum atomic E-state index is 12.8. The highest BCUT2D eigenvalue weighted by molar-refractivity contribution is 9.10. The topological polar surface area (TPSA) is 89.4 Å². The Balaban J connectivity index is 1.78. The van der Waals surface area contributed by atoms with E-state index in [9.17, 15) is 14.4 Å². The number of aryl methyl sites for hydroxylation is 1. The summed E-state index contributed by atoms with van der Waals surface area (Å²) in [6, 6.07) is 3.04. The van der Waals surface area contributed by atoms with E-state index >= 15 is 0 Å². The van der Waals surface area contributed by atoms with Crippen LogP contribution < -0.4 is 16.2 Å². The molecule has 3 rings (SSSR count). The number of halogens is 1. The third-order valence-corrected chi connectivity index (χ3v) is 6.40. The lowest BCUT2D eigenvalue weighted by molar-refractivity contribution is -0.116. The molecule has 2 aromatic rings. The average Bonchev–Trinajstić information content (AvgIpc) is 3.05. The smallest absolute Gasteiger partial charge is 0.254 e. The van der Waals surface area contributed by atoms with Crippen molar-refractivity contribution >= 4 is 44.1 Å². The third-order valence-electron chi connectivity index (χ3n) is 4.72. The summed E-state index contributed by atoms with van der Waals surface area (Å²) in [6.45, 7) is 0.973. The number of carbonyl (C=O) groups excluding carboxylic acids is 2. The second kappa shape index (κ2) is 10.2. The molecule has 0 bridgehead atoms. The number of nitrogens with one attached hydrogen (secondary N) is 2. The van der Waals surface area contributed by atoms with E-state index in [4.69, 9.17) is 4.74 Å². The first-order valence-corrected chi connectivity index (χ1v) is 11.2. The number of anilines is 1. The number of amides is 2. The highest BCUT2D eigenvalue weighted by Crippen LogP contribution is 2.38. The van der Waals surface area contributed by atoms with E-state index in [1.807, 2.05) is 0 Å². The average molecular weight is 482 g/mol. The normalized spacial score (nSPS) is 13.0. The summed E-state index contributed by atoms with van der Waals surface area (Å²) in [5.74, 6) is -0.507. The van der Waals surface area contributed by atoms with Crippen LogP contribution in [0.3, 0.4) is 0 Å². The van der Waals surface area contributed by atoms with Crippen LogP contribution in [0.2, 0.25) is 0 Å². The molecule has 156 valence electrons. The highest BCUT2D eigenvalue weighted by atomic mass is 79.9. The minimum absolute atomic E-state index is 0.115. The molecule has 0 spiro atoms. The lowest BCUT2D eigenvalue weighted by Crippen LogP contribution is -2.29. The maximum Gasteiger partial charge on any atom is 0.254 e. The van der Waals surface area contributed by atoms with Gasteiger partial charge in [0.25, 0.3) is 11.5 Å². The number of hydrogen-bond acceptors (Lipinski definition) is 5. The van der Waals surface area contributed by atoms with E-state index in [0.717, 1.165) is 42.5 Å². The number of methoxy groups -OCH3 is 1. The van der Waals surface area contributed by atoms with Crippen molar-refractivity contribution < 1.29 is 14.3 Å². The number of aromatic nitrogens is 1. The van der Waals surface area contributed by atoms with Gasteiger partial charge in [0.1, 0.15) is 11.5 Å². The summed E-state index contributed by atoms with van der Waals surface area (Å²) in [5, 5.41) is 6.35. The van der Waals surface area contributed by atoms with Gasteiger partial charge >= 0.3 is 0 Å². The Hall–Kier alpha value is -1.97. The molecule has 7 nitrogen and oxygen atoms in total. The van der Waals surface area contributed by atoms with Crippen LogP contribution in [0.5, 0.6) is 0 Å². The zero-order chi connectivity index (χ0) is 20.8. The predicted octanol–water partition coefficient (Wildman–Crippen LogP) is 2.96. The third kappa shape index (κ3) is 5.55. The van der Waals surface area contributed by atoms with E-state index < -0.39 is 0 Å². The van der Waals surface area contributed by atoms with E-state index in [-0.39, 0.29) is 23.9 Å². The standard InChI is InChI=1S/C20H24BrN3O4S/c1-28-10-4-9-22-19(27)18-14-5-2-3-6-15(14)29-20(18)23-16(25)12-24-11-13(21)7-8-17(24)26/h7-8,11H,2-6,9-10,12H2,1H3,(H,22,27)(H,23,25). The van der Waals surface area contributed by atoms with Crippen LogP contribution in [-0.4, -0.2) is 36.6 Å². The molecule has 0 radical (unpaired) electrons. The summed E-state index contributed by atoms with van der Waals surface area (Å²) in [5.41, 5.74) is 1.35. The van der Waals surface area contributed by atoms with E-state index in [0.29, 0.717) is 28.2 Å². The largest absolute Gasteiger partial charge is 0.385 e. The lowest BCUT2D eigenvalue weighted by Gasteiger charge is -2.13. The van der Waals surface area contributed by atoms with Crippen molar-refractivity contribution in [2.24, 2.45) is 0 Å². The van der Waals surface area contributed by atoms with Crippen LogP contribution in [0, 0.1) is 0 Å². The second-order valence-electron chi connectivity index (χ2n) is 6.88. The Labute approximate surface area is 181 Å². The monoisotopic (exact) mass is 481 g/mol. The molecule has 1 aliphatic carbocycles. The van der Waals surface area contributed by atoms with Crippen molar-refractivity contribution in [1.29, 1.82) is 0 Å². The molecule has 2 aromatic heterocycles.